The summed E-state index contributed by atoms with van der Waals surface area (Å²) < 4.78 is 18.9. The molecule has 2 aromatic heterocycles. The number of hydrogen-bond donors (Lipinski definition) is 1. The molecule has 11 nitrogen and oxygen atoms in total. The first kappa shape index (κ1) is 40.4. The fraction of sp³-hybridized carbons (Fsp3) is 0.426. The molecule has 3 aliphatic rings. The van der Waals surface area contributed by atoms with E-state index in [9.17, 15) is 14.4 Å². The molecule has 3 aromatic carbocycles. The number of nitrogens with zero attached hydrogens (tertiary/aromatic N) is 4. The fourth-order valence-electron chi connectivity index (χ4n) is 8.90. The predicted molar refractivity (Wildman–Crippen MR) is 231 cm³/mol. The molecule has 1 saturated carbocycles. The van der Waals surface area contributed by atoms with Gasteiger partial charge in [0, 0.05) is 24.2 Å². The van der Waals surface area contributed by atoms with E-state index >= 15 is 0 Å². The third-order valence-corrected chi connectivity index (χ3v) is 12.9. The van der Waals surface area contributed by atoms with E-state index in [0.29, 0.717) is 48.3 Å². The van der Waals surface area contributed by atoms with Gasteiger partial charge in [-0.1, -0.05) is 47.7 Å². The van der Waals surface area contributed by atoms with Crippen LogP contribution in [-0.4, -0.2) is 77.2 Å². The molecule has 5 aromatic rings. The molecule has 59 heavy (non-hydrogen) atoms. The Labute approximate surface area is 350 Å². The summed E-state index contributed by atoms with van der Waals surface area (Å²) >= 11 is 1.45. The summed E-state index contributed by atoms with van der Waals surface area (Å²) in [5, 5.41) is 3.59. The van der Waals surface area contributed by atoms with E-state index < -0.39 is 11.6 Å². The van der Waals surface area contributed by atoms with E-state index in [4.69, 9.17) is 19.2 Å². The van der Waals surface area contributed by atoms with Crippen LogP contribution < -0.4 is 15.0 Å². The molecule has 308 valence electrons. The zero-order valence-electron chi connectivity index (χ0n) is 34.6. The number of likely N-dealkylation sites (tertiary alicyclic amines) is 1. The lowest BCUT2D eigenvalue weighted by Gasteiger charge is -2.39. The highest BCUT2D eigenvalue weighted by Crippen LogP contribution is 2.48. The topological polar surface area (TPSA) is 123 Å². The number of anilines is 2. The Morgan fingerprint density at radius 1 is 0.915 bits per heavy atom. The van der Waals surface area contributed by atoms with Crippen molar-refractivity contribution in [1.29, 1.82) is 0 Å². The second-order valence-electron chi connectivity index (χ2n) is 17.1. The number of ether oxygens (including phenoxy) is 3. The summed E-state index contributed by atoms with van der Waals surface area (Å²) in [6, 6.07) is 23.6. The first-order valence-electron chi connectivity index (χ1n) is 20.8. The van der Waals surface area contributed by atoms with Crippen molar-refractivity contribution in [3.05, 3.63) is 101 Å². The average Bonchev–Trinajstić information content (AvgIpc) is 3.81. The number of esters is 2. The Bertz CT molecular complexity index is 2350. The quantitative estimate of drug-likeness (QED) is 0.137. The number of benzene rings is 3. The minimum absolute atomic E-state index is 0.0848. The van der Waals surface area contributed by atoms with E-state index in [1.54, 1.807) is 0 Å². The van der Waals surface area contributed by atoms with Crippen molar-refractivity contribution in [2.75, 3.05) is 43.0 Å². The van der Waals surface area contributed by atoms with Crippen molar-refractivity contribution in [1.82, 2.24) is 14.9 Å². The van der Waals surface area contributed by atoms with Crippen LogP contribution in [0.5, 0.6) is 5.75 Å². The van der Waals surface area contributed by atoms with Crippen molar-refractivity contribution in [3.63, 3.8) is 0 Å². The number of rotatable bonds is 10. The average molecular weight is 816 g/mol. The maximum atomic E-state index is 14.0. The highest BCUT2D eigenvalue weighted by atomic mass is 32.1. The highest BCUT2D eigenvalue weighted by molar-refractivity contribution is 7.22. The number of fused-ring (bicyclic) bond motifs is 2. The van der Waals surface area contributed by atoms with Crippen molar-refractivity contribution < 1.29 is 28.6 Å². The first-order chi connectivity index (χ1) is 28.4. The van der Waals surface area contributed by atoms with Crippen LogP contribution in [0.1, 0.15) is 97.3 Å². The van der Waals surface area contributed by atoms with Gasteiger partial charge in [-0.3, -0.25) is 19.8 Å². The standard InChI is InChI=1S/C47H53N5O6S/c1-6-56-41(53)29-51-25-22-47(23-26-51)21-19-32(27-47)57-38-15-10-12-33(30(38)2)34-17-18-40(49-42(34)44(55)58-46(3,4)5)52-24-20-31-11-9-13-35(36(31)28-52)43(54)50-45-48-37-14-7-8-16-39(37)59-45/h7-18,32H,6,19-29H2,1-5H3,(H,48,50,54)/t32-/m0/s1. The van der Waals surface area contributed by atoms with E-state index in [1.807, 2.05) is 101 Å². The van der Waals surface area contributed by atoms with Gasteiger partial charge in [-0.15, -0.1) is 0 Å². The molecule has 12 heteroatoms. The van der Waals surface area contributed by atoms with Crippen molar-refractivity contribution in [3.8, 4) is 16.9 Å². The Morgan fingerprint density at radius 3 is 2.49 bits per heavy atom. The number of carbonyl (C=O) groups excluding carboxylic acids is 3. The first-order valence-corrected chi connectivity index (χ1v) is 21.6. The summed E-state index contributed by atoms with van der Waals surface area (Å²) in [6.45, 7) is 13.1. The number of amides is 1. The Hall–Kier alpha value is -5.33. The molecule has 2 aliphatic heterocycles. The Morgan fingerprint density at radius 2 is 1.71 bits per heavy atom. The van der Waals surface area contributed by atoms with Gasteiger partial charge < -0.3 is 19.1 Å². The van der Waals surface area contributed by atoms with E-state index in [1.165, 1.54) is 11.3 Å². The van der Waals surface area contributed by atoms with Crippen molar-refractivity contribution >= 4 is 50.3 Å². The van der Waals surface area contributed by atoms with E-state index in [-0.39, 0.29) is 29.1 Å². The molecule has 1 saturated heterocycles. The molecule has 1 amide bonds. The maximum Gasteiger partial charge on any atom is 0.358 e. The summed E-state index contributed by atoms with van der Waals surface area (Å²) in [5.41, 5.74) is 5.69. The molecule has 1 N–H and O–H groups in total. The summed E-state index contributed by atoms with van der Waals surface area (Å²) in [7, 11) is 0. The lowest BCUT2D eigenvalue weighted by atomic mass is 9.77. The van der Waals surface area contributed by atoms with E-state index in [0.717, 1.165) is 89.8 Å². The lowest BCUT2D eigenvalue weighted by molar-refractivity contribution is -0.145. The number of aromatic nitrogens is 2. The minimum atomic E-state index is -0.727. The zero-order valence-corrected chi connectivity index (χ0v) is 35.5. The number of pyridine rings is 1. The van der Waals surface area contributed by atoms with Crippen LogP contribution in [0.3, 0.4) is 0 Å². The van der Waals surface area contributed by atoms with Gasteiger partial charge in [0.15, 0.2) is 10.8 Å². The van der Waals surface area contributed by atoms with Gasteiger partial charge in [-0.2, -0.15) is 0 Å². The number of para-hydroxylation sites is 1. The van der Waals surface area contributed by atoms with Crippen molar-refractivity contribution in [2.45, 2.75) is 91.4 Å². The van der Waals surface area contributed by atoms with Gasteiger partial charge in [0.05, 0.1) is 29.5 Å². The Kier molecular flexibility index (Phi) is 11.5. The largest absolute Gasteiger partial charge is 0.490 e. The fourth-order valence-corrected chi connectivity index (χ4v) is 9.76. The number of carbonyl (C=O) groups is 3. The van der Waals surface area contributed by atoms with Crippen LogP contribution in [0.4, 0.5) is 10.9 Å². The molecular formula is C47H53N5O6S. The smallest absolute Gasteiger partial charge is 0.358 e. The number of piperidine rings is 1. The molecule has 2 fully saturated rings. The zero-order chi connectivity index (χ0) is 41.3. The Balaban J connectivity index is 1.01. The monoisotopic (exact) mass is 815 g/mol. The predicted octanol–water partition coefficient (Wildman–Crippen LogP) is 9.01. The van der Waals surface area contributed by atoms with Crippen LogP contribution >= 0.6 is 11.3 Å². The second-order valence-corrected chi connectivity index (χ2v) is 18.1. The molecule has 0 radical (unpaired) electrons. The van der Waals surface area contributed by atoms with Crippen molar-refractivity contribution in [2.24, 2.45) is 5.41 Å². The molecule has 4 heterocycles. The number of thiazole rings is 1. The normalized spacial score (nSPS) is 17.8. The molecule has 1 aliphatic carbocycles. The van der Waals surface area contributed by atoms with Gasteiger partial charge in [0.2, 0.25) is 0 Å². The molecule has 8 rings (SSSR count). The third kappa shape index (κ3) is 8.99. The molecule has 0 bridgehead atoms. The molecular weight excluding hydrogens is 763 g/mol. The van der Waals surface area contributed by atoms with Crippen LogP contribution in [0.2, 0.25) is 0 Å². The second kappa shape index (κ2) is 16.7. The summed E-state index contributed by atoms with van der Waals surface area (Å²) in [5.74, 6) is 0.576. The van der Waals surface area contributed by atoms with E-state index in [2.05, 4.69) is 26.2 Å². The lowest BCUT2D eigenvalue weighted by Crippen LogP contribution is -2.42. The van der Waals surface area contributed by atoms with Gasteiger partial charge in [0.25, 0.3) is 5.91 Å². The van der Waals surface area contributed by atoms with Gasteiger partial charge in [-0.25, -0.2) is 14.8 Å². The maximum absolute atomic E-state index is 14.0. The third-order valence-electron chi connectivity index (χ3n) is 11.9. The van der Waals surface area contributed by atoms with Gasteiger partial charge in [0.1, 0.15) is 17.2 Å². The number of nitrogens with one attached hydrogen (secondary N) is 1. The summed E-state index contributed by atoms with van der Waals surface area (Å²) in [6.07, 6.45) is 5.96. The highest BCUT2D eigenvalue weighted by Gasteiger charge is 2.42. The SMILES string of the molecule is CCOC(=O)CN1CCC2(CC[C@H](Oc3cccc(-c4ccc(N5CCc6cccc(C(=O)Nc7nc8ccccc8s7)c6C5)nc4C(=O)OC(C)(C)C)c3C)C2)CC1. The van der Waals surface area contributed by atoms with Crippen LogP contribution in [-0.2, 0) is 27.2 Å². The van der Waals surface area contributed by atoms with Crippen LogP contribution in [0.25, 0.3) is 21.3 Å². The molecule has 1 atom stereocenters. The van der Waals surface area contributed by atoms with Crippen LogP contribution in [0.15, 0.2) is 72.8 Å². The minimum Gasteiger partial charge on any atom is -0.490 e. The number of hydrogen-bond acceptors (Lipinski definition) is 11. The van der Waals surface area contributed by atoms with Crippen LogP contribution in [0, 0.1) is 12.3 Å². The van der Waals surface area contributed by atoms with Gasteiger partial charge >= 0.3 is 11.9 Å². The molecule has 0 unspecified atom stereocenters. The molecule has 1 spiro atoms. The van der Waals surface area contributed by atoms with Gasteiger partial charge in [-0.05, 0) is 150 Å². The summed E-state index contributed by atoms with van der Waals surface area (Å²) in [4.78, 5) is 53.8.